The number of hydrogen-bond donors (Lipinski definition) is 3. The smallest absolute Gasteiger partial charge is 0.281 e. The molecule has 4 rings (SSSR count). The normalized spacial score (nSPS) is 11.7. The molecule has 0 atom stereocenters. The lowest BCUT2D eigenvalue weighted by Gasteiger charge is -2.27. The first-order chi connectivity index (χ1) is 17.0. The van der Waals surface area contributed by atoms with Gasteiger partial charge in [0.15, 0.2) is 5.60 Å². The van der Waals surface area contributed by atoms with Gasteiger partial charge in [-0.2, -0.15) is 10.2 Å². The Morgan fingerprint density at radius 3 is 2.06 bits per heavy atom. The Labute approximate surface area is 207 Å². The number of hydrogen-bond acceptors (Lipinski definition) is 6. The molecule has 35 heavy (non-hydrogen) atoms. The van der Waals surface area contributed by atoms with Crippen molar-refractivity contribution in [2.75, 3.05) is 0 Å². The van der Waals surface area contributed by atoms with Gasteiger partial charge in [-0.05, 0) is 41.5 Å². The van der Waals surface area contributed by atoms with Crippen LogP contribution >= 0.6 is 11.6 Å². The Morgan fingerprint density at radius 2 is 1.43 bits per heavy atom. The molecule has 8 heteroatoms. The highest BCUT2D eigenvalue weighted by atomic mass is 35.5. The molecule has 4 aromatic carbocycles. The van der Waals surface area contributed by atoms with E-state index in [2.05, 4.69) is 20.8 Å². The molecular formula is C27H21ClN4O3. The van der Waals surface area contributed by atoms with E-state index in [0.29, 0.717) is 33.1 Å². The Balaban J connectivity index is 1.55. The fourth-order valence-electron chi connectivity index (χ4n) is 3.38. The maximum Gasteiger partial charge on any atom is 0.281 e. The highest BCUT2D eigenvalue weighted by Crippen LogP contribution is 2.30. The van der Waals surface area contributed by atoms with Crippen LogP contribution in [0.3, 0.4) is 0 Å². The van der Waals surface area contributed by atoms with Gasteiger partial charge < -0.3 is 10.2 Å². The third kappa shape index (κ3) is 5.43. The average molecular weight is 485 g/mol. The van der Waals surface area contributed by atoms with Gasteiger partial charge in [0.25, 0.3) is 5.91 Å². The van der Waals surface area contributed by atoms with Crippen LogP contribution < -0.4 is 5.43 Å². The molecule has 1 amide bonds. The minimum Gasteiger partial charge on any atom is -0.507 e. The lowest BCUT2D eigenvalue weighted by Crippen LogP contribution is -2.43. The van der Waals surface area contributed by atoms with Crippen molar-refractivity contribution < 1.29 is 15.0 Å². The van der Waals surface area contributed by atoms with Crippen LogP contribution in [-0.2, 0) is 10.4 Å². The van der Waals surface area contributed by atoms with E-state index in [9.17, 15) is 15.0 Å². The van der Waals surface area contributed by atoms with Crippen molar-refractivity contribution in [3.63, 3.8) is 0 Å². The predicted molar refractivity (Wildman–Crippen MR) is 135 cm³/mol. The average Bonchev–Trinajstić information content (AvgIpc) is 2.90. The molecule has 0 fully saturated rings. The minimum absolute atomic E-state index is 0.0685. The second-order valence-corrected chi connectivity index (χ2v) is 7.94. The summed E-state index contributed by atoms with van der Waals surface area (Å²) in [6.07, 6.45) is 1.26. The Bertz CT molecular complexity index is 1340. The van der Waals surface area contributed by atoms with E-state index in [1.807, 2.05) is 0 Å². The van der Waals surface area contributed by atoms with Crippen LogP contribution in [0.15, 0.2) is 118 Å². The molecule has 174 valence electrons. The number of carbonyl (C=O) groups excluding carboxylic acids is 1. The number of azo groups is 1. The highest BCUT2D eigenvalue weighted by Gasteiger charge is 2.39. The van der Waals surface area contributed by atoms with Crippen molar-refractivity contribution in [3.05, 3.63) is 125 Å². The van der Waals surface area contributed by atoms with E-state index in [4.69, 9.17) is 11.6 Å². The first-order valence-corrected chi connectivity index (χ1v) is 11.0. The first-order valence-electron chi connectivity index (χ1n) is 10.6. The summed E-state index contributed by atoms with van der Waals surface area (Å²) in [5, 5.41) is 34.3. The summed E-state index contributed by atoms with van der Waals surface area (Å²) in [4.78, 5) is 13.1. The maximum atomic E-state index is 13.1. The molecule has 0 unspecified atom stereocenters. The van der Waals surface area contributed by atoms with Gasteiger partial charge in [0, 0.05) is 5.56 Å². The van der Waals surface area contributed by atoms with Gasteiger partial charge in [-0.25, -0.2) is 5.43 Å². The van der Waals surface area contributed by atoms with Gasteiger partial charge in [0.2, 0.25) is 0 Å². The molecule has 7 nitrogen and oxygen atoms in total. The number of phenols is 1. The molecule has 0 aliphatic carbocycles. The third-order valence-electron chi connectivity index (χ3n) is 5.22. The number of nitrogens with one attached hydrogen (secondary N) is 1. The van der Waals surface area contributed by atoms with E-state index in [1.165, 1.54) is 12.3 Å². The van der Waals surface area contributed by atoms with E-state index in [1.54, 1.807) is 97.1 Å². The molecule has 0 aliphatic heterocycles. The van der Waals surface area contributed by atoms with Gasteiger partial charge in [-0.3, -0.25) is 4.79 Å². The number of nitrogens with zero attached hydrogens (tertiary/aromatic N) is 3. The van der Waals surface area contributed by atoms with Crippen molar-refractivity contribution in [2.45, 2.75) is 5.60 Å². The Hall–Kier alpha value is -4.33. The summed E-state index contributed by atoms with van der Waals surface area (Å²) < 4.78 is 0. The van der Waals surface area contributed by atoms with Crippen LogP contribution in [0.4, 0.5) is 11.4 Å². The zero-order valence-corrected chi connectivity index (χ0v) is 19.2. The molecule has 0 radical (unpaired) electrons. The maximum absolute atomic E-state index is 13.1. The number of rotatable bonds is 7. The van der Waals surface area contributed by atoms with Crippen molar-refractivity contribution in [3.8, 4) is 5.75 Å². The number of benzene rings is 4. The van der Waals surface area contributed by atoms with Crippen LogP contribution in [0.5, 0.6) is 5.75 Å². The molecule has 0 bridgehead atoms. The van der Waals surface area contributed by atoms with Crippen LogP contribution in [0.25, 0.3) is 0 Å². The van der Waals surface area contributed by atoms with Crippen molar-refractivity contribution in [1.29, 1.82) is 0 Å². The standard InChI is InChI=1S/C27H21ClN4O3/c28-23-13-7-8-14-24(23)31-30-22-15-16-25(33)19(17-22)18-29-32-26(34)27(35,20-9-3-1-4-10-20)21-11-5-2-6-12-21/h1-18,33,35H,(H,32,34)/b29-18-,31-30?. The number of aromatic hydroxyl groups is 1. The molecule has 0 saturated heterocycles. The predicted octanol–water partition coefficient (Wildman–Crippen LogP) is 5.85. The van der Waals surface area contributed by atoms with Crippen molar-refractivity contribution in [1.82, 2.24) is 5.43 Å². The molecule has 4 aromatic rings. The van der Waals surface area contributed by atoms with Crippen molar-refractivity contribution in [2.24, 2.45) is 15.3 Å². The van der Waals surface area contributed by atoms with Crippen LogP contribution in [0.1, 0.15) is 16.7 Å². The minimum atomic E-state index is -1.97. The van der Waals surface area contributed by atoms with Crippen LogP contribution in [0.2, 0.25) is 5.02 Å². The highest BCUT2D eigenvalue weighted by molar-refractivity contribution is 6.32. The lowest BCUT2D eigenvalue weighted by atomic mass is 9.85. The van der Waals surface area contributed by atoms with Gasteiger partial charge >= 0.3 is 0 Å². The summed E-state index contributed by atoms with van der Waals surface area (Å²) in [5.74, 6) is -0.818. The SMILES string of the molecule is O=C(N/N=C\c1cc(N=Nc2ccccc2Cl)ccc1O)C(O)(c1ccccc1)c1ccccc1. The number of hydrazone groups is 1. The summed E-state index contributed by atoms with van der Waals surface area (Å²) in [7, 11) is 0. The van der Waals surface area contributed by atoms with E-state index >= 15 is 0 Å². The fourth-order valence-corrected chi connectivity index (χ4v) is 3.55. The van der Waals surface area contributed by atoms with Gasteiger partial charge in [-0.15, -0.1) is 5.11 Å². The van der Waals surface area contributed by atoms with Crippen LogP contribution in [-0.4, -0.2) is 22.3 Å². The second kappa shape index (κ2) is 10.7. The molecular weight excluding hydrogens is 464 g/mol. The largest absolute Gasteiger partial charge is 0.507 e. The number of phenolic OH excluding ortho intramolecular Hbond substituents is 1. The summed E-state index contributed by atoms with van der Waals surface area (Å²) >= 11 is 6.09. The zero-order valence-electron chi connectivity index (χ0n) is 18.4. The zero-order chi connectivity index (χ0) is 24.7. The number of carbonyl (C=O) groups is 1. The number of aliphatic hydroxyl groups is 1. The number of halogens is 1. The third-order valence-corrected chi connectivity index (χ3v) is 5.54. The van der Waals surface area contributed by atoms with Gasteiger partial charge in [0.05, 0.1) is 16.9 Å². The first kappa shape index (κ1) is 23.8. The fraction of sp³-hybridized carbons (Fsp3) is 0.0370. The Morgan fingerprint density at radius 1 is 0.829 bits per heavy atom. The summed E-state index contributed by atoms with van der Waals surface area (Å²) in [5.41, 5.74) is 2.44. The lowest BCUT2D eigenvalue weighted by molar-refractivity contribution is -0.136. The quantitative estimate of drug-likeness (QED) is 0.174. The van der Waals surface area contributed by atoms with Crippen molar-refractivity contribution >= 4 is 35.1 Å². The summed E-state index contributed by atoms with van der Waals surface area (Å²) in [6, 6.07) is 28.8. The molecule has 0 aromatic heterocycles. The topological polar surface area (TPSA) is 107 Å². The molecule has 0 heterocycles. The Kier molecular flexibility index (Phi) is 7.30. The molecule has 0 spiro atoms. The van der Waals surface area contributed by atoms with Gasteiger partial charge in [0.1, 0.15) is 11.4 Å². The van der Waals surface area contributed by atoms with E-state index in [0.717, 1.165) is 0 Å². The van der Waals surface area contributed by atoms with E-state index < -0.39 is 11.5 Å². The van der Waals surface area contributed by atoms with Gasteiger partial charge in [-0.1, -0.05) is 84.4 Å². The molecule has 0 saturated carbocycles. The molecule has 0 aliphatic rings. The summed E-state index contributed by atoms with van der Waals surface area (Å²) in [6.45, 7) is 0. The van der Waals surface area contributed by atoms with Crippen LogP contribution in [0, 0.1) is 0 Å². The van der Waals surface area contributed by atoms with E-state index in [-0.39, 0.29) is 5.75 Å². The molecule has 3 N–H and O–H groups in total. The monoisotopic (exact) mass is 484 g/mol. The second-order valence-electron chi connectivity index (χ2n) is 7.54. The number of amides is 1.